The van der Waals surface area contributed by atoms with Crippen molar-refractivity contribution in [3.63, 3.8) is 0 Å². The lowest BCUT2D eigenvalue weighted by molar-refractivity contribution is -0.385. The van der Waals surface area contributed by atoms with Gasteiger partial charge in [0.1, 0.15) is 5.75 Å². The van der Waals surface area contributed by atoms with E-state index in [1.54, 1.807) is 55.6 Å². The number of benzene rings is 4. The van der Waals surface area contributed by atoms with Crippen LogP contribution in [0.25, 0.3) is 22.3 Å². The van der Waals surface area contributed by atoms with Gasteiger partial charge < -0.3 is 14.8 Å². The zero-order valence-corrected chi connectivity index (χ0v) is 27.3. The van der Waals surface area contributed by atoms with Crippen LogP contribution in [-0.2, 0) is 4.79 Å². The molecule has 0 spiro atoms. The monoisotopic (exact) mass is 673 g/mol. The van der Waals surface area contributed by atoms with Crippen LogP contribution in [0.2, 0.25) is 10.0 Å². The van der Waals surface area contributed by atoms with E-state index in [4.69, 9.17) is 37.7 Å². The largest absolute Gasteiger partial charge is 0.496 e. The molecule has 1 aromatic heterocycles. The van der Waals surface area contributed by atoms with Crippen LogP contribution in [0.1, 0.15) is 36.5 Å². The summed E-state index contributed by atoms with van der Waals surface area (Å²) in [4.78, 5) is 42.7. The van der Waals surface area contributed by atoms with Crippen molar-refractivity contribution in [2.45, 2.75) is 26.7 Å². The average Bonchev–Trinajstić information content (AvgIpc) is 3.04. The molecule has 5 rings (SSSR count). The number of amides is 1. The molecule has 1 amide bonds. The Morgan fingerprint density at radius 1 is 1.09 bits per heavy atom. The molecular formula is C34H29Cl2N5O6. The summed E-state index contributed by atoms with van der Waals surface area (Å²) in [6.07, 6.45) is 1.22. The maximum atomic E-state index is 13.9. The fraction of sp³-hybridized carbons (Fsp3) is 0.176. The van der Waals surface area contributed by atoms with Gasteiger partial charge in [-0.2, -0.15) is 9.78 Å². The molecule has 1 N–H and O–H groups in total. The number of hydrogen-bond donors (Lipinski definition) is 1. The Hall–Kier alpha value is -5.26. The molecule has 0 atom stereocenters. The number of halogens is 2. The predicted molar refractivity (Wildman–Crippen MR) is 183 cm³/mol. The number of nitrogens with one attached hydrogen (secondary N) is 1. The topological polar surface area (TPSA) is 138 Å². The van der Waals surface area contributed by atoms with Crippen molar-refractivity contribution < 1.29 is 19.2 Å². The van der Waals surface area contributed by atoms with E-state index in [0.29, 0.717) is 32.9 Å². The van der Waals surface area contributed by atoms with Crippen molar-refractivity contribution in [3.05, 3.63) is 120 Å². The number of rotatable bonds is 10. The van der Waals surface area contributed by atoms with Gasteiger partial charge in [-0.3, -0.25) is 19.7 Å². The van der Waals surface area contributed by atoms with Gasteiger partial charge in [0.2, 0.25) is 5.75 Å². The van der Waals surface area contributed by atoms with E-state index in [1.165, 1.54) is 12.3 Å². The van der Waals surface area contributed by atoms with Gasteiger partial charge in [0, 0.05) is 32.9 Å². The molecule has 0 unspecified atom stereocenters. The molecule has 0 radical (unpaired) electrons. The molecule has 4 aromatic carbocycles. The van der Waals surface area contributed by atoms with Gasteiger partial charge in [-0.1, -0.05) is 49.2 Å². The Labute approximate surface area is 279 Å². The number of aromatic nitrogens is 2. The lowest BCUT2D eigenvalue weighted by Crippen LogP contribution is -2.21. The van der Waals surface area contributed by atoms with E-state index in [2.05, 4.69) is 10.4 Å². The Kier molecular flexibility index (Phi) is 9.88. The van der Waals surface area contributed by atoms with Gasteiger partial charge in [-0.05, 0) is 78.6 Å². The van der Waals surface area contributed by atoms with Crippen molar-refractivity contribution >= 4 is 57.6 Å². The number of aryl methyl sites for hydroxylation is 1. The second-order valence-electron chi connectivity index (χ2n) is 10.8. The Morgan fingerprint density at radius 2 is 1.81 bits per heavy atom. The third kappa shape index (κ3) is 7.26. The predicted octanol–water partition coefficient (Wildman–Crippen LogP) is 7.62. The summed E-state index contributed by atoms with van der Waals surface area (Å²) in [6.45, 7) is 5.36. The van der Waals surface area contributed by atoms with E-state index in [1.807, 2.05) is 32.9 Å². The summed E-state index contributed by atoms with van der Waals surface area (Å²) in [6, 6.07) is 19.6. The highest BCUT2D eigenvalue weighted by Gasteiger charge is 2.23. The van der Waals surface area contributed by atoms with Gasteiger partial charge >= 0.3 is 5.69 Å². The van der Waals surface area contributed by atoms with Crippen LogP contribution < -0.4 is 20.3 Å². The molecule has 13 heteroatoms. The summed E-state index contributed by atoms with van der Waals surface area (Å²) >= 11 is 12.2. The quantitative estimate of drug-likeness (QED) is 0.0914. The van der Waals surface area contributed by atoms with Crippen molar-refractivity contribution in [2.24, 2.45) is 5.10 Å². The highest BCUT2D eigenvalue weighted by molar-refractivity contribution is 6.31. The van der Waals surface area contributed by atoms with Crippen molar-refractivity contribution in [3.8, 4) is 22.9 Å². The number of ether oxygens (including phenoxy) is 2. The number of nitro groups is 1. The number of nitrogens with zero attached hydrogens (tertiary/aromatic N) is 4. The fourth-order valence-electron chi connectivity index (χ4n) is 4.95. The fourth-order valence-corrected chi connectivity index (χ4v) is 5.30. The van der Waals surface area contributed by atoms with E-state index >= 15 is 0 Å². The first kappa shape index (κ1) is 33.1. The molecule has 5 aromatic rings. The van der Waals surface area contributed by atoms with Crippen LogP contribution in [0, 0.1) is 17.0 Å². The molecule has 0 saturated heterocycles. The van der Waals surface area contributed by atoms with E-state index in [-0.39, 0.29) is 28.1 Å². The van der Waals surface area contributed by atoms with Crippen LogP contribution in [0.15, 0.2) is 82.7 Å². The molecule has 240 valence electrons. The van der Waals surface area contributed by atoms with Crippen molar-refractivity contribution in [1.29, 1.82) is 0 Å². The second-order valence-corrected chi connectivity index (χ2v) is 11.7. The van der Waals surface area contributed by atoms with E-state index in [0.717, 1.165) is 21.9 Å². The van der Waals surface area contributed by atoms with Crippen molar-refractivity contribution in [2.75, 3.05) is 19.0 Å². The summed E-state index contributed by atoms with van der Waals surface area (Å²) in [5, 5.41) is 20.0. The van der Waals surface area contributed by atoms with Crippen LogP contribution in [0.3, 0.4) is 0 Å². The summed E-state index contributed by atoms with van der Waals surface area (Å²) in [5.41, 5.74) is 2.36. The van der Waals surface area contributed by atoms with E-state index in [9.17, 15) is 19.7 Å². The molecule has 0 aliphatic heterocycles. The summed E-state index contributed by atoms with van der Waals surface area (Å²) in [7, 11) is 1.60. The third-order valence-electron chi connectivity index (χ3n) is 7.24. The van der Waals surface area contributed by atoms with Crippen LogP contribution in [0.4, 0.5) is 11.4 Å². The number of hydrogen-bond acceptors (Lipinski definition) is 8. The highest BCUT2D eigenvalue weighted by Crippen LogP contribution is 2.35. The minimum Gasteiger partial charge on any atom is -0.496 e. The molecule has 0 aliphatic carbocycles. The minimum absolute atomic E-state index is 0.0212. The molecule has 0 fully saturated rings. The Morgan fingerprint density at radius 3 is 2.49 bits per heavy atom. The van der Waals surface area contributed by atoms with Gasteiger partial charge in [0.05, 0.1) is 29.2 Å². The summed E-state index contributed by atoms with van der Waals surface area (Å²) in [5.74, 6) is 0.200. The highest BCUT2D eigenvalue weighted by atomic mass is 35.5. The molecule has 0 bridgehead atoms. The number of anilines is 1. The first-order chi connectivity index (χ1) is 22.5. The summed E-state index contributed by atoms with van der Waals surface area (Å²) < 4.78 is 12.4. The molecule has 1 heterocycles. The number of fused-ring (bicyclic) bond motifs is 1. The molecular weight excluding hydrogens is 645 g/mol. The second kappa shape index (κ2) is 14.0. The first-order valence-electron chi connectivity index (χ1n) is 14.4. The molecule has 0 aliphatic rings. The maximum Gasteiger partial charge on any atom is 0.313 e. The van der Waals surface area contributed by atoms with Crippen LogP contribution >= 0.6 is 23.2 Å². The zero-order chi connectivity index (χ0) is 33.8. The minimum atomic E-state index is -0.682. The van der Waals surface area contributed by atoms with Gasteiger partial charge in [-0.15, -0.1) is 0 Å². The number of nitro benzene ring substituents is 1. The van der Waals surface area contributed by atoms with Gasteiger partial charge in [-0.25, -0.2) is 4.98 Å². The Balaban J connectivity index is 1.61. The smallest absolute Gasteiger partial charge is 0.313 e. The zero-order valence-electron chi connectivity index (χ0n) is 25.8. The number of carbonyl (C=O) groups excluding carboxylic acids is 1. The first-order valence-corrected chi connectivity index (χ1v) is 15.1. The molecule has 11 nitrogen and oxygen atoms in total. The standard InChI is InChI=1S/C34H29Cl2N5O6/c1-19(2)26-16-27(20(3)13-30(26)46-4)33-39-28-8-6-5-7-25(28)34(43)40(33)37-17-21-14-23(36)15-29(41(44)45)32(21)47-18-31(42)38-24-11-9-22(35)10-12-24/h5-17,19H,18H2,1-4H3,(H,38,42). The SMILES string of the molecule is COc1cc(C)c(-c2nc3ccccc3c(=O)n2N=Cc2cc(Cl)cc([N+](=O)[O-])c2OCC(=O)Nc2ccc(Cl)cc2)cc1C(C)C. The molecule has 47 heavy (non-hydrogen) atoms. The Bertz CT molecular complexity index is 2090. The number of para-hydroxylation sites is 1. The number of methoxy groups -OCH3 is 1. The van der Waals surface area contributed by atoms with Gasteiger partial charge in [0.15, 0.2) is 12.4 Å². The lowest BCUT2D eigenvalue weighted by atomic mass is 9.96. The lowest BCUT2D eigenvalue weighted by Gasteiger charge is -2.17. The van der Waals surface area contributed by atoms with Crippen LogP contribution in [-0.4, -0.2) is 40.4 Å². The van der Waals surface area contributed by atoms with Crippen molar-refractivity contribution in [1.82, 2.24) is 9.66 Å². The maximum absolute atomic E-state index is 13.9. The van der Waals surface area contributed by atoms with Gasteiger partial charge in [0.25, 0.3) is 11.5 Å². The molecule has 0 saturated carbocycles. The normalized spacial score (nSPS) is 11.3. The van der Waals surface area contributed by atoms with E-state index < -0.39 is 28.7 Å². The average molecular weight is 675 g/mol. The number of carbonyl (C=O) groups is 1. The van der Waals surface area contributed by atoms with Crippen LogP contribution in [0.5, 0.6) is 11.5 Å². The third-order valence-corrected chi connectivity index (χ3v) is 7.71.